The third kappa shape index (κ3) is 14.4. The van der Waals surface area contributed by atoms with Crippen LogP contribution >= 0.6 is 12.4 Å². The Hall–Kier alpha value is -0.376. The smallest absolute Gasteiger partial charge is 0.212 e. The number of halogens is 1. The van der Waals surface area contributed by atoms with Crippen LogP contribution in [0, 0.1) is 13.3 Å². The summed E-state index contributed by atoms with van der Waals surface area (Å²) in [5.41, 5.74) is 2.36. The molecule has 1 heterocycles. The normalized spacial score (nSPS) is 12.0. The van der Waals surface area contributed by atoms with Crippen molar-refractivity contribution < 1.29 is 37.4 Å². The van der Waals surface area contributed by atoms with E-state index in [0.29, 0.717) is 6.61 Å². The second-order valence-corrected chi connectivity index (χ2v) is 6.68. The Morgan fingerprint density at radius 3 is 2.13 bits per heavy atom. The average molecular weight is 529 g/mol. The largest absolute Gasteiger partial charge is 0.473 e. The van der Waals surface area contributed by atoms with E-state index in [0.717, 1.165) is 36.9 Å². The fraction of sp³-hybridized carbons (Fsp3) is 0.615. The quantitative estimate of drug-likeness (QED) is 0.337. The molecule has 1 saturated carbocycles. The van der Waals surface area contributed by atoms with Crippen molar-refractivity contribution in [3.05, 3.63) is 55.1 Å². The molecule has 0 N–H and O–H groups in total. The Morgan fingerprint density at radius 1 is 1.00 bits per heavy atom. The van der Waals surface area contributed by atoms with Crippen molar-refractivity contribution in [1.82, 2.24) is 9.78 Å². The molecule has 0 saturated heterocycles. The monoisotopic (exact) mass is 528 g/mol. The molecule has 2 aromatic rings. The van der Waals surface area contributed by atoms with Gasteiger partial charge in [-0.1, -0.05) is 98.1 Å². The number of aromatic nitrogens is 2. The molecule has 1 aromatic carbocycles. The number of benzene rings is 1. The van der Waals surface area contributed by atoms with E-state index < -0.39 is 0 Å². The van der Waals surface area contributed by atoms with Gasteiger partial charge in [-0.05, 0) is 30.7 Å². The van der Waals surface area contributed by atoms with Crippen LogP contribution in [0.1, 0.15) is 91.8 Å². The summed E-state index contributed by atoms with van der Waals surface area (Å²) in [6.07, 6.45) is 8.95. The topological polar surface area (TPSA) is 27.1 Å². The van der Waals surface area contributed by atoms with Gasteiger partial charge in [0.25, 0.3) is 0 Å². The molecule has 3 nitrogen and oxygen atoms in total. The average Bonchev–Trinajstić information content (AvgIpc) is 3.12. The van der Waals surface area contributed by atoms with Crippen molar-refractivity contribution in [3.63, 3.8) is 0 Å². The Morgan fingerprint density at radius 2 is 1.58 bits per heavy atom. The maximum atomic E-state index is 6.09. The summed E-state index contributed by atoms with van der Waals surface area (Å²) in [5, 5.41) is 4.80. The minimum Gasteiger partial charge on any atom is -0.473 e. The third-order valence-corrected chi connectivity index (χ3v) is 4.69. The van der Waals surface area contributed by atoms with E-state index in [9.17, 15) is 0 Å². The van der Waals surface area contributed by atoms with Crippen LogP contribution in [0.3, 0.4) is 0 Å². The Balaban J connectivity index is -0.000000431. The SMILES string of the molecule is C.CC.CC.CCCc1cc(OCc2ccccc2)n(CC2CCCCC2)n1.Cl.[CH3-].[Y]. The van der Waals surface area contributed by atoms with Crippen LogP contribution < -0.4 is 4.74 Å². The maximum Gasteiger partial charge on any atom is 0.212 e. The summed E-state index contributed by atoms with van der Waals surface area (Å²) in [6, 6.07) is 12.5. The summed E-state index contributed by atoms with van der Waals surface area (Å²) in [4.78, 5) is 0. The van der Waals surface area contributed by atoms with E-state index >= 15 is 0 Å². The van der Waals surface area contributed by atoms with Gasteiger partial charge in [0.1, 0.15) is 6.61 Å². The molecule has 3 rings (SSSR count). The van der Waals surface area contributed by atoms with Crippen LogP contribution in [-0.2, 0) is 52.3 Å². The van der Waals surface area contributed by atoms with Crippen LogP contribution in [0.15, 0.2) is 36.4 Å². The summed E-state index contributed by atoms with van der Waals surface area (Å²) in [6.45, 7) is 11.8. The predicted octanol–water partition coefficient (Wildman–Crippen LogP) is 8.55. The minimum atomic E-state index is 0. The molecule has 1 aromatic heterocycles. The second kappa shape index (κ2) is 24.3. The van der Waals surface area contributed by atoms with Gasteiger partial charge in [-0.25, -0.2) is 4.68 Å². The first kappa shape index (κ1) is 37.9. The standard InChI is InChI=1S/C20H28N2O.2C2H6.CH4.CH3.ClH.Y/c1-2-9-19-14-20(23-16-18-12-7-4-8-13-18)22(21-19)15-17-10-5-3-6-11-17;2*1-2;;;;/h4,7-8,12-14,17H,2-3,5-6,9-11,15-16H2,1H3;2*1-2H3;1H4;1H3;1H;/q;;;;-1;;. The van der Waals surface area contributed by atoms with E-state index in [1.165, 1.54) is 37.7 Å². The fourth-order valence-electron chi connectivity index (χ4n) is 3.42. The van der Waals surface area contributed by atoms with E-state index in [1.54, 1.807) is 0 Å². The van der Waals surface area contributed by atoms with Crippen LogP contribution in [0.2, 0.25) is 0 Å². The van der Waals surface area contributed by atoms with E-state index in [2.05, 4.69) is 41.9 Å². The zero-order valence-electron chi connectivity index (χ0n) is 20.2. The number of hydrogen-bond donors (Lipinski definition) is 0. The van der Waals surface area contributed by atoms with E-state index in [1.807, 2.05) is 33.8 Å². The summed E-state index contributed by atoms with van der Waals surface area (Å²) in [5.74, 6) is 1.69. The number of nitrogens with zero attached hydrogens (tertiary/aromatic N) is 2. The molecule has 0 unspecified atom stereocenters. The first-order valence-electron chi connectivity index (χ1n) is 11.1. The molecule has 0 bridgehead atoms. The molecular formula is C26H48ClN2OY-. The van der Waals surface area contributed by atoms with Crippen LogP contribution in [0.4, 0.5) is 0 Å². The fourth-order valence-corrected chi connectivity index (χ4v) is 3.42. The Labute approximate surface area is 225 Å². The number of rotatable bonds is 7. The van der Waals surface area contributed by atoms with E-state index in [4.69, 9.17) is 9.84 Å². The number of aryl methyl sites for hydroxylation is 1. The Bertz CT molecular complexity index is 599. The van der Waals surface area contributed by atoms with Crippen molar-refractivity contribution in [3.8, 4) is 5.88 Å². The Kier molecular flexibility index (Phi) is 29.7. The van der Waals surface area contributed by atoms with Gasteiger partial charge in [0.15, 0.2) is 0 Å². The van der Waals surface area contributed by atoms with Crippen molar-refractivity contribution in [1.29, 1.82) is 0 Å². The van der Waals surface area contributed by atoms with E-state index in [-0.39, 0.29) is 60.0 Å². The van der Waals surface area contributed by atoms with Crippen molar-refractivity contribution in [2.24, 2.45) is 5.92 Å². The zero-order valence-corrected chi connectivity index (χ0v) is 23.8. The summed E-state index contributed by atoms with van der Waals surface area (Å²) in [7, 11) is 0. The predicted molar refractivity (Wildman–Crippen MR) is 137 cm³/mol. The van der Waals surface area contributed by atoms with Gasteiger partial charge in [-0.2, -0.15) is 5.10 Å². The van der Waals surface area contributed by atoms with Gasteiger partial charge >= 0.3 is 0 Å². The molecule has 1 aliphatic carbocycles. The molecule has 5 heteroatoms. The molecule has 179 valence electrons. The molecule has 1 aliphatic rings. The molecule has 0 aliphatic heterocycles. The molecule has 0 amide bonds. The van der Waals surface area contributed by atoms with Crippen LogP contribution in [0.5, 0.6) is 5.88 Å². The molecule has 0 atom stereocenters. The maximum absolute atomic E-state index is 6.09. The van der Waals surface area contributed by atoms with Crippen molar-refractivity contribution in [2.45, 2.75) is 100 Å². The molecule has 0 spiro atoms. The van der Waals surface area contributed by atoms with Crippen molar-refractivity contribution >= 4 is 12.4 Å². The van der Waals surface area contributed by atoms with Crippen LogP contribution in [0.25, 0.3) is 0 Å². The van der Waals surface area contributed by atoms with Gasteiger partial charge in [-0.15, -0.1) is 12.4 Å². The van der Waals surface area contributed by atoms with Gasteiger partial charge in [0.05, 0.1) is 5.69 Å². The number of hydrogen-bond acceptors (Lipinski definition) is 2. The minimum absolute atomic E-state index is 0. The van der Waals surface area contributed by atoms with Gasteiger partial charge in [0, 0.05) is 45.3 Å². The molecule has 1 radical (unpaired) electrons. The molecular weight excluding hydrogens is 481 g/mol. The zero-order chi connectivity index (χ0) is 19.9. The first-order valence-corrected chi connectivity index (χ1v) is 11.1. The second-order valence-electron chi connectivity index (χ2n) is 6.68. The molecule has 1 fully saturated rings. The van der Waals surface area contributed by atoms with Crippen molar-refractivity contribution in [2.75, 3.05) is 0 Å². The third-order valence-electron chi connectivity index (χ3n) is 4.69. The van der Waals surface area contributed by atoms with Gasteiger partial charge in [-0.3, -0.25) is 0 Å². The van der Waals surface area contributed by atoms with Crippen LogP contribution in [-0.4, -0.2) is 9.78 Å². The first-order chi connectivity index (χ1) is 13.3. The summed E-state index contributed by atoms with van der Waals surface area (Å²) >= 11 is 0. The molecule has 31 heavy (non-hydrogen) atoms. The van der Waals surface area contributed by atoms with Gasteiger partial charge < -0.3 is 12.2 Å². The van der Waals surface area contributed by atoms with Gasteiger partial charge in [0.2, 0.25) is 5.88 Å². The summed E-state index contributed by atoms with van der Waals surface area (Å²) < 4.78 is 8.21. The number of ether oxygens (including phenoxy) is 1.